The van der Waals surface area contributed by atoms with Gasteiger partial charge in [0.25, 0.3) is 0 Å². The summed E-state index contributed by atoms with van der Waals surface area (Å²) >= 11 is 0. The topological polar surface area (TPSA) is 39.2 Å². The molecule has 0 aliphatic carbocycles. The van der Waals surface area contributed by atoms with E-state index in [2.05, 4.69) is 0 Å². The maximum atomic E-state index is 13.3. The lowest BCUT2D eigenvalue weighted by molar-refractivity contribution is 0.588. The van der Waals surface area contributed by atoms with E-state index in [1.807, 2.05) is 6.92 Å². The van der Waals surface area contributed by atoms with Crippen molar-refractivity contribution in [2.75, 3.05) is 6.54 Å². The zero-order valence-corrected chi connectivity index (χ0v) is 8.66. The van der Waals surface area contributed by atoms with Gasteiger partial charge >= 0.3 is 0 Å². The van der Waals surface area contributed by atoms with Crippen LogP contribution < -0.4 is 5.73 Å². The van der Waals surface area contributed by atoms with Crippen LogP contribution in [0.15, 0.2) is 28.9 Å². The SMILES string of the molecule is CC(CCN)c1cc(F)cc2ccoc12. The van der Waals surface area contributed by atoms with Crippen molar-refractivity contribution in [1.29, 1.82) is 0 Å². The van der Waals surface area contributed by atoms with Crippen molar-refractivity contribution in [1.82, 2.24) is 0 Å². The van der Waals surface area contributed by atoms with Crippen LogP contribution in [0, 0.1) is 5.82 Å². The van der Waals surface area contributed by atoms with Gasteiger partial charge in [-0.15, -0.1) is 0 Å². The van der Waals surface area contributed by atoms with Crippen LogP contribution in [0.1, 0.15) is 24.8 Å². The van der Waals surface area contributed by atoms with Crippen LogP contribution in [-0.2, 0) is 0 Å². The minimum absolute atomic E-state index is 0.220. The molecule has 2 N–H and O–H groups in total. The van der Waals surface area contributed by atoms with Crippen LogP contribution in [0.2, 0.25) is 0 Å². The molecule has 0 aliphatic rings. The number of furan rings is 1. The summed E-state index contributed by atoms with van der Waals surface area (Å²) in [4.78, 5) is 0. The Morgan fingerprint density at radius 3 is 3.00 bits per heavy atom. The van der Waals surface area contributed by atoms with Gasteiger partial charge in [0.15, 0.2) is 0 Å². The fourth-order valence-electron chi connectivity index (χ4n) is 1.84. The molecule has 1 unspecified atom stereocenters. The van der Waals surface area contributed by atoms with Crippen molar-refractivity contribution >= 4 is 11.0 Å². The third kappa shape index (κ3) is 1.88. The molecule has 1 aromatic heterocycles. The third-order valence-electron chi connectivity index (χ3n) is 2.68. The van der Waals surface area contributed by atoms with Crippen LogP contribution >= 0.6 is 0 Å². The summed E-state index contributed by atoms with van der Waals surface area (Å²) in [7, 11) is 0. The monoisotopic (exact) mass is 207 g/mol. The maximum absolute atomic E-state index is 13.3. The van der Waals surface area contributed by atoms with Crippen LogP contribution in [0.5, 0.6) is 0 Å². The number of rotatable bonds is 3. The lowest BCUT2D eigenvalue weighted by Crippen LogP contribution is -2.05. The van der Waals surface area contributed by atoms with E-state index in [0.717, 1.165) is 23.0 Å². The van der Waals surface area contributed by atoms with Gasteiger partial charge in [-0.2, -0.15) is 0 Å². The average Bonchev–Trinajstić information content (AvgIpc) is 2.64. The number of fused-ring (bicyclic) bond motifs is 1. The Kier molecular flexibility index (Phi) is 2.73. The maximum Gasteiger partial charge on any atom is 0.137 e. The number of nitrogens with two attached hydrogens (primary N) is 1. The van der Waals surface area contributed by atoms with Gasteiger partial charge in [-0.3, -0.25) is 0 Å². The summed E-state index contributed by atoms with van der Waals surface area (Å²) < 4.78 is 18.7. The highest BCUT2D eigenvalue weighted by Gasteiger charge is 2.13. The van der Waals surface area contributed by atoms with Crippen LogP contribution in [0.4, 0.5) is 4.39 Å². The van der Waals surface area contributed by atoms with E-state index >= 15 is 0 Å². The Bertz CT molecular complexity index is 464. The zero-order chi connectivity index (χ0) is 10.8. The van der Waals surface area contributed by atoms with Crippen LogP contribution in [0.25, 0.3) is 11.0 Å². The first kappa shape index (κ1) is 10.2. The highest BCUT2D eigenvalue weighted by atomic mass is 19.1. The van der Waals surface area contributed by atoms with Crippen LogP contribution in [0.3, 0.4) is 0 Å². The molecule has 0 saturated carbocycles. The Labute approximate surface area is 87.9 Å². The van der Waals surface area contributed by atoms with Gasteiger partial charge in [0.2, 0.25) is 0 Å². The molecule has 0 saturated heterocycles. The second-order valence-corrected chi connectivity index (χ2v) is 3.81. The Balaban J connectivity index is 2.52. The Morgan fingerprint density at radius 2 is 2.27 bits per heavy atom. The highest BCUT2D eigenvalue weighted by molar-refractivity contribution is 5.80. The summed E-state index contributed by atoms with van der Waals surface area (Å²) in [6.45, 7) is 2.63. The average molecular weight is 207 g/mol. The minimum Gasteiger partial charge on any atom is -0.464 e. The van der Waals surface area contributed by atoms with E-state index in [9.17, 15) is 4.39 Å². The molecule has 15 heavy (non-hydrogen) atoms. The molecular formula is C12H14FNO. The molecule has 0 bridgehead atoms. The van der Waals surface area contributed by atoms with Crippen molar-refractivity contribution in [2.45, 2.75) is 19.3 Å². The number of benzene rings is 1. The Morgan fingerprint density at radius 1 is 1.47 bits per heavy atom. The number of hydrogen-bond acceptors (Lipinski definition) is 2. The highest BCUT2D eigenvalue weighted by Crippen LogP contribution is 2.29. The van der Waals surface area contributed by atoms with E-state index in [4.69, 9.17) is 10.2 Å². The van der Waals surface area contributed by atoms with Crippen molar-refractivity contribution in [3.63, 3.8) is 0 Å². The predicted molar refractivity (Wildman–Crippen MR) is 58.3 cm³/mol. The minimum atomic E-state index is -0.220. The van der Waals surface area contributed by atoms with Crippen LogP contribution in [-0.4, -0.2) is 6.54 Å². The Hall–Kier alpha value is -1.35. The smallest absolute Gasteiger partial charge is 0.137 e. The van der Waals surface area contributed by atoms with Gasteiger partial charge in [-0.05, 0) is 37.1 Å². The first-order chi connectivity index (χ1) is 7.22. The van der Waals surface area contributed by atoms with E-state index in [-0.39, 0.29) is 11.7 Å². The summed E-state index contributed by atoms with van der Waals surface area (Å²) in [6, 6.07) is 4.79. The van der Waals surface area contributed by atoms with Gasteiger partial charge in [0, 0.05) is 10.9 Å². The molecule has 1 aromatic carbocycles. The molecular weight excluding hydrogens is 193 g/mol. The fourth-order valence-corrected chi connectivity index (χ4v) is 1.84. The molecule has 80 valence electrons. The molecule has 0 spiro atoms. The fraction of sp³-hybridized carbons (Fsp3) is 0.333. The molecule has 0 amide bonds. The predicted octanol–water partition coefficient (Wildman–Crippen LogP) is 3.02. The van der Waals surface area contributed by atoms with Crippen molar-refractivity contribution in [2.24, 2.45) is 5.73 Å². The molecule has 0 aliphatic heterocycles. The quantitative estimate of drug-likeness (QED) is 0.840. The zero-order valence-electron chi connectivity index (χ0n) is 8.66. The van der Waals surface area contributed by atoms with Crippen molar-refractivity contribution in [3.05, 3.63) is 35.8 Å². The molecule has 0 radical (unpaired) electrons. The molecule has 2 aromatic rings. The third-order valence-corrected chi connectivity index (χ3v) is 2.68. The summed E-state index contributed by atoms with van der Waals surface area (Å²) in [6.07, 6.45) is 2.42. The van der Waals surface area contributed by atoms with Gasteiger partial charge < -0.3 is 10.2 Å². The normalized spacial score (nSPS) is 13.3. The standard InChI is InChI=1S/C12H14FNO/c1-8(2-4-14)11-7-10(13)6-9-3-5-15-12(9)11/h3,5-8H,2,4,14H2,1H3. The molecule has 2 nitrogen and oxygen atoms in total. The van der Waals surface area contributed by atoms with E-state index in [1.54, 1.807) is 12.3 Å². The van der Waals surface area contributed by atoms with E-state index in [1.165, 1.54) is 12.1 Å². The molecule has 1 atom stereocenters. The van der Waals surface area contributed by atoms with Gasteiger partial charge in [0.05, 0.1) is 6.26 Å². The van der Waals surface area contributed by atoms with Crippen molar-refractivity contribution in [3.8, 4) is 0 Å². The van der Waals surface area contributed by atoms with Crippen molar-refractivity contribution < 1.29 is 8.81 Å². The largest absolute Gasteiger partial charge is 0.464 e. The summed E-state index contributed by atoms with van der Waals surface area (Å²) in [5.41, 5.74) is 7.18. The van der Waals surface area contributed by atoms with Gasteiger partial charge in [0.1, 0.15) is 11.4 Å². The second kappa shape index (κ2) is 4.03. The lowest BCUT2D eigenvalue weighted by Gasteiger charge is -2.10. The van der Waals surface area contributed by atoms with E-state index < -0.39 is 0 Å². The molecule has 2 rings (SSSR count). The van der Waals surface area contributed by atoms with E-state index in [0.29, 0.717) is 6.54 Å². The first-order valence-electron chi connectivity index (χ1n) is 5.09. The van der Waals surface area contributed by atoms with Gasteiger partial charge in [-0.25, -0.2) is 4.39 Å². The number of hydrogen-bond donors (Lipinski definition) is 1. The molecule has 0 fully saturated rings. The number of halogens is 1. The van der Waals surface area contributed by atoms with Gasteiger partial charge in [-0.1, -0.05) is 6.92 Å². The second-order valence-electron chi connectivity index (χ2n) is 3.81. The summed E-state index contributed by atoms with van der Waals surface area (Å²) in [5, 5.41) is 0.814. The molecule has 3 heteroatoms. The lowest BCUT2D eigenvalue weighted by atomic mass is 9.96. The summed E-state index contributed by atoms with van der Waals surface area (Å²) in [5.74, 6) is 0.00196. The first-order valence-corrected chi connectivity index (χ1v) is 5.09. The molecule has 1 heterocycles.